The van der Waals surface area contributed by atoms with E-state index in [4.69, 9.17) is 0 Å². The van der Waals surface area contributed by atoms with Crippen molar-refractivity contribution in [3.8, 4) is 11.1 Å². The molecule has 6 aromatic carbocycles. The maximum atomic E-state index is 2.81. The summed E-state index contributed by atoms with van der Waals surface area (Å²) in [4.78, 5) is 5.58. The standard InChI is InChI=1S/C70H83BN2S/c1-63(2,3)43-24-27-59-47(34-43)61-62(74-59)71-54-39-51-53(70(17,18)33-31-68(51,13)14)41-56(54)73(55-40-52-50(67(11,12)30-32-69(52,15)16)38-46(55)42-22-20-19-21-23-42)58-36-44(64(4,5)6)35-57(60(58)71)72(61)45-25-26-48-49(37-45)66(9,10)29-28-65(48,7)8/h19-27,34-41H,28-33H2,1-18H3. The number of benzene rings is 6. The number of hydrogen-bond donors (Lipinski definition) is 0. The smallest absolute Gasteiger partial charge is 0.264 e. The minimum Gasteiger partial charge on any atom is -0.311 e. The third kappa shape index (κ3) is 7.43. The average molecular weight is 995 g/mol. The van der Waals surface area contributed by atoms with Crippen LogP contribution in [-0.2, 0) is 43.3 Å². The van der Waals surface area contributed by atoms with Gasteiger partial charge in [-0.2, -0.15) is 0 Å². The van der Waals surface area contributed by atoms with E-state index in [1.165, 1.54) is 148 Å². The van der Waals surface area contributed by atoms with Gasteiger partial charge in [0.2, 0.25) is 0 Å². The predicted molar refractivity (Wildman–Crippen MR) is 325 cm³/mol. The molecule has 12 rings (SSSR count). The fourth-order valence-corrected chi connectivity index (χ4v) is 15.6. The van der Waals surface area contributed by atoms with Gasteiger partial charge in [0.1, 0.15) is 0 Å². The monoisotopic (exact) mass is 995 g/mol. The topological polar surface area (TPSA) is 6.48 Å². The summed E-state index contributed by atoms with van der Waals surface area (Å²) >= 11 is 2.05. The molecule has 2 aliphatic heterocycles. The molecular formula is C70H83BN2S. The molecule has 74 heavy (non-hydrogen) atoms. The maximum absolute atomic E-state index is 2.81. The zero-order chi connectivity index (χ0) is 52.8. The van der Waals surface area contributed by atoms with Crippen LogP contribution in [0.15, 0.2) is 103 Å². The molecule has 1 aromatic heterocycles. The lowest BCUT2D eigenvalue weighted by Crippen LogP contribution is -2.61. The normalized spacial score (nSPS) is 20.3. The zero-order valence-electron chi connectivity index (χ0n) is 48.4. The Kier molecular flexibility index (Phi) is 10.6. The van der Waals surface area contributed by atoms with Gasteiger partial charge in [-0.3, -0.25) is 0 Å². The second kappa shape index (κ2) is 15.8. The molecule has 0 saturated heterocycles. The molecule has 3 aliphatic carbocycles. The van der Waals surface area contributed by atoms with Gasteiger partial charge in [0, 0.05) is 43.2 Å². The van der Waals surface area contributed by atoms with E-state index in [1.54, 1.807) is 0 Å². The Hall–Kier alpha value is -5.06. The second-order valence-electron chi connectivity index (χ2n) is 29.8. The molecule has 382 valence electrons. The van der Waals surface area contributed by atoms with E-state index in [9.17, 15) is 0 Å². The molecule has 3 heterocycles. The molecule has 0 saturated carbocycles. The van der Waals surface area contributed by atoms with Crippen molar-refractivity contribution in [2.24, 2.45) is 0 Å². The van der Waals surface area contributed by atoms with Gasteiger partial charge < -0.3 is 9.80 Å². The van der Waals surface area contributed by atoms with Crippen molar-refractivity contribution >= 4 is 78.0 Å². The largest absolute Gasteiger partial charge is 0.311 e. The van der Waals surface area contributed by atoms with Crippen LogP contribution in [0.25, 0.3) is 21.2 Å². The van der Waals surface area contributed by atoms with Crippen LogP contribution in [0.4, 0.5) is 34.1 Å². The summed E-state index contributed by atoms with van der Waals surface area (Å²) in [5, 5.41) is 1.37. The van der Waals surface area contributed by atoms with Gasteiger partial charge in [-0.15, -0.1) is 11.3 Å². The van der Waals surface area contributed by atoms with Crippen molar-refractivity contribution in [3.63, 3.8) is 0 Å². The van der Waals surface area contributed by atoms with E-state index < -0.39 is 0 Å². The lowest BCUT2D eigenvalue weighted by Gasteiger charge is -2.48. The van der Waals surface area contributed by atoms with Crippen LogP contribution >= 0.6 is 11.3 Å². The first-order valence-corrected chi connectivity index (χ1v) is 29.2. The van der Waals surface area contributed by atoms with Crippen LogP contribution in [0.3, 0.4) is 0 Å². The highest BCUT2D eigenvalue weighted by molar-refractivity contribution is 7.33. The van der Waals surface area contributed by atoms with E-state index in [0.29, 0.717) is 0 Å². The lowest BCUT2D eigenvalue weighted by atomic mass is 9.35. The Balaban J connectivity index is 1.27. The molecule has 0 spiro atoms. The Labute approximate surface area is 450 Å². The third-order valence-corrected chi connectivity index (χ3v) is 21.0. The van der Waals surface area contributed by atoms with E-state index in [1.807, 2.05) is 0 Å². The molecule has 0 bridgehead atoms. The number of hydrogen-bond acceptors (Lipinski definition) is 3. The maximum Gasteiger partial charge on any atom is 0.264 e. The molecule has 0 amide bonds. The number of anilines is 6. The van der Waals surface area contributed by atoms with E-state index in [2.05, 4.69) is 249 Å². The number of fused-ring (bicyclic) bond motifs is 9. The van der Waals surface area contributed by atoms with Crippen LogP contribution in [0, 0.1) is 0 Å². The molecule has 0 fully saturated rings. The average Bonchev–Trinajstić information content (AvgIpc) is 3.76. The van der Waals surface area contributed by atoms with Crippen molar-refractivity contribution in [2.45, 2.75) is 206 Å². The number of rotatable bonds is 3. The molecule has 5 aliphatic rings. The minimum atomic E-state index is -0.136. The fraction of sp³-hybridized carbons (Fsp3) is 0.457. The second-order valence-corrected chi connectivity index (χ2v) is 30.9. The lowest BCUT2D eigenvalue weighted by molar-refractivity contribution is 0.332. The van der Waals surface area contributed by atoms with Crippen molar-refractivity contribution in [1.82, 2.24) is 0 Å². The summed E-state index contributed by atoms with van der Waals surface area (Å²) in [7, 11) is 0. The first-order chi connectivity index (χ1) is 34.4. The van der Waals surface area contributed by atoms with Gasteiger partial charge in [-0.1, -0.05) is 173 Å². The molecule has 0 unspecified atom stereocenters. The summed E-state index contributed by atoms with van der Waals surface area (Å²) in [6, 6.07) is 42.5. The molecule has 2 nitrogen and oxygen atoms in total. The zero-order valence-corrected chi connectivity index (χ0v) is 49.3. The molecule has 0 atom stereocenters. The quantitative estimate of drug-likeness (QED) is 0.163. The van der Waals surface area contributed by atoms with Crippen molar-refractivity contribution < 1.29 is 0 Å². The highest BCUT2D eigenvalue weighted by Gasteiger charge is 2.50. The summed E-state index contributed by atoms with van der Waals surface area (Å²) in [5.74, 6) is 0. The van der Waals surface area contributed by atoms with Crippen LogP contribution in [0.1, 0.15) is 208 Å². The molecule has 7 aromatic rings. The number of nitrogens with zero attached hydrogens (tertiary/aromatic N) is 2. The molecular weight excluding hydrogens is 912 g/mol. The highest BCUT2D eigenvalue weighted by Crippen LogP contribution is 2.57. The Morgan fingerprint density at radius 1 is 0.432 bits per heavy atom. The van der Waals surface area contributed by atoms with Crippen molar-refractivity contribution in [2.75, 3.05) is 9.80 Å². The molecule has 4 heteroatoms. The summed E-state index contributed by atoms with van der Waals surface area (Å²) in [6.45, 7) is 44.4. The predicted octanol–water partition coefficient (Wildman–Crippen LogP) is 18.3. The van der Waals surface area contributed by atoms with Gasteiger partial charge in [0.15, 0.2) is 0 Å². The van der Waals surface area contributed by atoms with E-state index >= 15 is 0 Å². The van der Waals surface area contributed by atoms with Crippen LogP contribution < -0.4 is 25.5 Å². The van der Waals surface area contributed by atoms with E-state index in [0.717, 1.165) is 6.42 Å². The first-order valence-electron chi connectivity index (χ1n) is 28.3. The van der Waals surface area contributed by atoms with Crippen LogP contribution in [0.5, 0.6) is 0 Å². The van der Waals surface area contributed by atoms with E-state index in [-0.39, 0.29) is 50.0 Å². The van der Waals surface area contributed by atoms with Crippen LogP contribution in [0.2, 0.25) is 0 Å². The van der Waals surface area contributed by atoms with Gasteiger partial charge in [0.05, 0.1) is 11.4 Å². The number of thiophene rings is 1. The molecule has 0 N–H and O–H groups in total. The Morgan fingerprint density at radius 3 is 1.47 bits per heavy atom. The summed E-state index contributed by atoms with van der Waals surface area (Å²) < 4.78 is 2.83. The van der Waals surface area contributed by atoms with Gasteiger partial charge >= 0.3 is 0 Å². The SMILES string of the molecule is CC(C)(C)c1cc2c3c(c1)N(c1ccc4c(c1)C(C)(C)CCC4(C)C)c1c(sc4ccc(C(C)(C)C)cc14)B3c1cc3c(cc1N2c1cc2c(cc1-c1ccccc1)C(C)(C)CCC2(C)C)C(C)(C)CCC3(C)C. The summed E-state index contributed by atoms with van der Waals surface area (Å²) in [6.07, 6.45) is 7.06. The Morgan fingerprint density at radius 2 is 0.919 bits per heavy atom. The summed E-state index contributed by atoms with van der Waals surface area (Å²) in [5.41, 5.74) is 25.4. The van der Waals surface area contributed by atoms with Gasteiger partial charge in [0.25, 0.3) is 6.71 Å². The third-order valence-electron chi connectivity index (χ3n) is 19.8. The van der Waals surface area contributed by atoms with Crippen LogP contribution in [-0.4, -0.2) is 6.71 Å². The Bertz CT molecular complexity index is 3490. The van der Waals surface area contributed by atoms with Crippen molar-refractivity contribution in [1.29, 1.82) is 0 Å². The van der Waals surface area contributed by atoms with Gasteiger partial charge in [-0.25, -0.2) is 0 Å². The fourth-order valence-electron chi connectivity index (χ4n) is 14.3. The molecule has 0 radical (unpaired) electrons. The first kappa shape index (κ1) is 49.8. The highest BCUT2D eigenvalue weighted by atomic mass is 32.1. The van der Waals surface area contributed by atoms with Crippen molar-refractivity contribution in [3.05, 3.63) is 148 Å². The minimum absolute atomic E-state index is 0.00107. The van der Waals surface area contributed by atoms with Gasteiger partial charge in [-0.05, 0) is 197 Å².